The van der Waals surface area contributed by atoms with Crippen LogP contribution in [-0.2, 0) is 17.4 Å². The summed E-state index contributed by atoms with van der Waals surface area (Å²) in [6, 6.07) is 11.1. The number of carbonyl (C=O) groups is 1. The Morgan fingerprint density at radius 1 is 1.27 bits per heavy atom. The third-order valence-electron chi connectivity index (χ3n) is 4.59. The summed E-state index contributed by atoms with van der Waals surface area (Å²) >= 11 is 5.93. The van der Waals surface area contributed by atoms with Crippen LogP contribution in [0, 0.1) is 0 Å². The predicted molar refractivity (Wildman–Crippen MR) is 95.2 cm³/mol. The molecule has 0 saturated heterocycles. The Morgan fingerprint density at radius 2 is 2.00 bits per heavy atom. The summed E-state index contributed by atoms with van der Waals surface area (Å²) < 4.78 is 38.5. The van der Waals surface area contributed by atoms with Gasteiger partial charge in [-0.2, -0.15) is 13.2 Å². The van der Waals surface area contributed by atoms with Gasteiger partial charge in [0.2, 0.25) is 5.91 Å². The molecule has 3 rings (SSSR count). The van der Waals surface area contributed by atoms with E-state index in [1.54, 1.807) is 0 Å². The zero-order valence-electron chi connectivity index (χ0n) is 14.1. The fraction of sp³-hybridized carbons (Fsp3) is 0.316. The monoisotopic (exact) mass is 382 g/mol. The first-order valence-electron chi connectivity index (χ1n) is 8.20. The van der Waals surface area contributed by atoms with Gasteiger partial charge in [-0.05, 0) is 49.2 Å². The van der Waals surface area contributed by atoms with Crippen LogP contribution in [0.1, 0.15) is 29.2 Å². The number of anilines is 1. The number of amides is 1. The van der Waals surface area contributed by atoms with Gasteiger partial charge < -0.3 is 5.32 Å². The molecular formula is C19H18ClF3N2O. The summed E-state index contributed by atoms with van der Waals surface area (Å²) in [5.74, 6) is -0.405. The zero-order chi connectivity index (χ0) is 18.9. The van der Waals surface area contributed by atoms with Crippen LogP contribution in [0.25, 0.3) is 0 Å². The molecule has 0 fully saturated rings. The minimum atomic E-state index is -4.49. The molecule has 0 aliphatic heterocycles. The van der Waals surface area contributed by atoms with Crippen LogP contribution in [0.2, 0.25) is 5.02 Å². The zero-order valence-corrected chi connectivity index (χ0v) is 14.9. The van der Waals surface area contributed by atoms with E-state index >= 15 is 0 Å². The number of rotatable bonds is 4. The SMILES string of the molecule is CN(CC(=O)Nc1cc(C(F)(F)F)ccc1Cl)C1CCc2ccccc21. The molecule has 138 valence electrons. The summed E-state index contributed by atoms with van der Waals surface area (Å²) in [7, 11) is 1.83. The number of halogens is 4. The largest absolute Gasteiger partial charge is 0.416 e. The topological polar surface area (TPSA) is 32.3 Å². The molecule has 26 heavy (non-hydrogen) atoms. The molecule has 1 aliphatic carbocycles. The van der Waals surface area contributed by atoms with E-state index in [0.29, 0.717) is 0 Å². The van der Waals surface area contributed by atoms with Crippen LogP contribution in [0.5, 0.6) is 0 Å². The summed E-state index contributed by atoms with van der Waals surface area (Å²) in [4.78, 5) is 14.2. The van der Waals surface area contributed by atoms with Gasteiger partial charge in [-0.15, -0.1) is 0 Å². The molecule has 3 nitrogen and oxygen atoms in total. The standard InChI is InChI=1S/C19H18ClF3N2O/c1-25(17-9-6-12-4-2-3-5-14(12)17)11-18(26)24-16-10-13(19(21,22)23)7-8-15(16)20/h2-5,7-8,10,17H,6,9,11H2,1H3,(H,24,26). The molecule has 1 atom stereocenters. The number of fused-ring (bicyclic) bond motifs is 1. The minimum Gasteiger partial charge on any atom is -0.324 e. The van der Waals surface area contributed by atoms with Gasteiger partial charge in [0.05, 0.1) is 22.8 Å². The first-order chi connectivity index (χ1) is 12.3. The van der Waals surface area contributed by atoms with Crippen LogP contribution >= 0.6 is 11.6 Å². The highest BCUT2D eigenvalue weighted by atomic mass is 35.5. The average molecular weight is 383 g/mol. The van der Waals surface area contributed by atoms with E-state index < -0.39 is 17.6 Å². The van der Waals surface area contributed by atoms with Crippen molar-refractivity contribution < 1.29 is 18.0 Å². The molecule has 7 heteroatoms. The molecule has 0 heterocycles. The number of benzene rings is 2. The smallest absolute Gasteiger partial charge is 0.324 e. The van der Waals surface area contributed by atoms with Crippen LogP contribution < -0.4 is 5.32 Å². The number of likely N-dealkylation sites (N-methyl/N-ethyl adjacent to an activating group) is 1. The normalized spacial score (nSPS) is 16.6. The van der Waals surface area contributed by atoms with Gasteiger partial charge in [0, 0.05) is 6.04 Å². The van der Waals surface area contributed by atoms with Gasteiger partial charge in [-0.3, -0.25) is 9.69 Å². The lowest BCUT2D eigenvalue weighted by molar-refractivity contribution is -0.137. The van der Waals surface area contributed by atoms with Crippen molar-refractivity contribution in [1.29, 1.82) is 0 Å². The second-order valence-electron chi connectivity index (χ2n) is 6.41. The Kier molecular flexibility index (Phi) is 5.25. The quantitative estimate of drug-likeness (QED) is 0.814. The van der Waals surface area contributed by atoms with Crippen molar-refractivity contribution in [3.05, 3.63) is 64.2 Å². The highest BCUT2D eigenvalue weighted by molar-refractivity contribution is 6.33. The van der Waals surface area contributed by atoms with E-state index in [0.717, 1.165) is 31.0 Å². The van der Waals surface area contributed by atoms with Crippen molar-refractivity contribution in [2.24, 2.45) is 0 Å². The van der Waals surface area contributed by atoms with E-state index in [4.69, 9.17) is 11.6 Å². The lowest BCUT2D eigenvalue weighted by Gasteiger charge is -2.24. The van der Waals surface area contributed by atoms with E-state index in [1.165, 1.54) is 11.1 Å². The van der Waals surface area contributed by atoms with Gasteiger partial charge in [0.15, 0.2) is 0 Å². The fourth-order valence-corrected chi connectivity index (χ4v) is 3.48. The fourth-order valence-electron chi connectivity index (χ4n) is 3.32. The van der Waals surface area contributed by atoms with Crippen molar-refractivity contribution in [3.63, 3.8) is 0 Å². The number of carbonyl (C=O) groups excluding carboxylic acids is 1. The molecule has 1 amide bonds. The first-order valence-corrected chi connectivity index (χ1v) is 8.58. The minimum absolute atomic E-state index is 0.0355. The highest BCUT2D eigenvalue weighted by Gasteiger charge is 2.31. The van der Waals surface area contributed by atoms with Crippen molar-refractivity contribution in [2.45, 2.75) is 25.1 Å². The maximum Gasteiger partial charge on any atom is 0.416 e. The number of hydrogen-bond acceptors (Lipinski definition) is 2. The number of nitrogens with one attached hydrogen (secondary N) is 1. The maximum atomic E-state index is 12.8. The summed E-state index contributed by atoms with van der Waals surface area (Å²) in [6.07, 6.45) is -2.63. The van der Waals surface area contributed by atoms with Gasteiger partial charge in [0.25, 0.3) is 0 Å². The Morgan fingerprint density at radius 3 is 2.73 bits per heavy atom. The number of aryl methyl sites for hydroxylation is 1. The summed E-state index contributed by atoms with van der Waals surface area (Å²) in [6.45, 7) is 0.0611. The third kappa shape index (κ3) is 4.02. The number of nitrogens with zero attached hydrogens (tertiary/aromatic N) is 1. The molecule has 1 unspecified atom stereocenters. The third-order valence-corrected chi connectivity index (χ3v) is 4.92. The van der Waals surface area contributed by atoms with Gasteiger partial charge in [-0.1, -0.05) is 35.9 Å². The molecule has 0 bridgehead atoms. The van der Waals surface area contributed by atoms with Crippen molar-refractivity contribution in [1.82, 2.24) is 4.90 Å². The molecular weight excluding hydrogens is 365 g/mol. The van der Waals surface area contributed by atoms with Crippen molar-refractivity contribution in [2.75, 3.05) is 18.9 Å². The lowest BCUT2D eigenvalue weighted by Crippen LogP contribution is -2.32. The highest BCUT2D eigenvalue weighted by Crippen LogP contribution is 2.35. The van der Waals surface area contributed by atoms with E-state index in [9.17, 15) is 18.0 Å². The van der Waals surface area contributed by atoms with E-state index in [-0.39, 0.29) is 23.3 Å². The van der Waals surface area contributed by atoms with Crippen molar-refractivity contribution in [3.8, 4) is 0 Å². The molecule has 1 aliphatic rings. The second-order valence-corrected chi connectivity index (χ2v) is 6.82. The molecule has 0 aromatic heterocycles. The lowest BCUT2D eigenvalue weighted by atomic mass is 10.1. The Hall–Kier alpha value is -2.05. The molecule has 2 aromatic carbocycles. The summed E-state index contributed by atoms with van der Waals surface area (Å²) in [5, 5.41) is 2.56. The van der Waals surface area contributed by atoms with Crippen LogP contribution in [0.15, 0.2) is 42.5 Å². The first kappa shape index (κ1) is 18.7. The molecule has 0 spiro atoms. The van der Waals surface area contributed by atoms with Gasteiger partial charge >= 0.3 is 6.18 Å². The summed E-state index contributed by atoms with van der Waals surface area (Å²) in [5.41, 5.74) is 1.58. The molecule has 0 saturated carbocycles. The van der Waals surface area contributed by atoms with Crippen LogP contribution in [-0.4, -0.2) is 24.4 Å². The maximum absolute atomic E-state index is 12.8. The van der Waals surface area contributed by atoms with E-state index in [1.807, 2.05) is 30.1 Å². The van der Waals surface area contributed by atoms with Crippen LogP contribution in [0.3, 0.4) is 0 Å². The average Bonchev–Trinajstić information content (AvgIpc) is 3.00. The Balaban J connectivity index is 1.68. The van der Waals surface area contributed by atoms with Gasteiger partial charge in [-0.25, -0.2) is 0 Å². The predicted octanol–water partition coefficient (Wildman–Crippen LogP) is 4.92. The second kappa shape index (κ2) is 7.29. The number of hydrogen-bond donors (Lipinski definition) is 1. The Labute approximate surface area is 154 Å². The molecule has 0 radical (unpaired) electrons. The Bertz CT molecular complexity index is 823. The molecule has 2 aromatic rings. The van der Waals surface area contributed by atoms with Crippen molar-refractivity contribution >= 4 is 23.2 Å². The van der Waals surface area contributed by atoms with Crippen LogP contribution in [0.4, 0.5) is 18.9 Å². The van der Waals surface area contributed by atoms with E-state index in [2.05, 4.69) is 11.4 Å². The van der Waals surface area contributed by atoms with Gasteiger partial charge in [0.1, 0.15) is 0 Å². The molecule has 1 N–H and O–H groups in total. The number of alkyl halides is 3.